The summed E-state index contributed by atoms with van der Waals surface area (Å²) in [6.45, 7) is 0. The molecule has 0 aliphatic carbocycles. The molecule has 0 unspecified atom stereocenters. The second-order valence-electron chi connectivity index (χ2n) is 2.95. The van der Waals surface area contributed by atoms with Crippen molar-refractivity contribution in [3.8, 4) is 0 Å². The molecule has 0 N–H and O–H groups in total. The third kappa shape index (κ3) is 2.74. The van der Waals surface area contributed by atoms with Crippen LogP contribution in [0.25, 0.3) is 0 Å². The third-order valence-electron chi connectivity index (χ3n) is 1.76. The number of rotatable bonds is 2. The van der Waals surface area contributed by atoms with E-state index in [4.69, 9.17) is 0 Å². The van der Waals surface area contributed by atoms with Crippen molar-refractivity contribution >= 4 is 5.78 Å². The van der Waals surface area contributed by atoms with Crippen LogP contribution in [0.4, 0.5) is 26.3 Å². The summed E-state index contributed by atoms with van der Waals surface area (Å²) in [4.78, 5) is 10.5. The fourth-order valence-electron chi connectivity index (χ4n) is 1.00. The Bertz CT molecular complexity index is 399. The van der Waals surface area contributed by atoms with E-state index in [2.05, 4.69) is 0 Å². The van der Waals surface area contributed by atoms with Gasteiger partial charge in [-0.25, -0.2) is 13.2 Å². The average molecular weight is 242 g/mol. The van der Waals surface area contributed by atoms with Crippen molar-refractivity contribution in [1.29, 1.82) is 0 Å². The first kappa shape index (κ1) is 12.5. The largest absolute Gasteiger partial charge is 0.450 e. The van der Waals surface area contributed by atoms with Crippen LogP contribution in [-0.4, -0.2) is 12.0 Å². The van der Waals surface area contributed by atoms with Crippen LogP contribution in [0.3, 0.4) is 0 Å². The fraction of sp³-hybridized carbons (Fsp3) is 0.222. The lowest BCUT2D eigenvalue weighted by atomic mass is 10.1. The molecule has 0 spiro atoms. The summed E-state index contributed by atoms with van der Waals surface area (Å²) in [7, 11) is 0. The third-order valence-corrected chi connectivity index (χ3v) is 1.76. The number of ketones is 1. The molecule has 0 aromatic heterocycles. The van der Waals surface area contributed by atoms with E-state index in [1.54, 1.807) is 0 Å². The normalized spacial score (nSPS) is 11.6. The second-order valence-corrected chi connectivity index (χ2v) is 2.95. The first-order valence-electron chi connectivity index (χ1n) is 3.95. The summed E-state index contributed by atoms with van der Waals surface area (Å²) in [5.41, 5.74) is -1.09. The van der Waals surface area contributed by atoms with Gasteiger partial charge in [0.15, 0.2) is 0 Å². The van der Waals surface area contributed by atoms with Gasteiger partial charge in [-0.2, -0.15) is 13.2 Å². The number of carbonyl (C=O) groups is 1. The second kappa shape index (κ2) is 4.15. The molecule has 0 heterocycles. The lowest BCUT2D eigenvalue weighted by Gasteiger charge is -2.07. The van der Waals surface area contributed by atoms with Crippen molar-refractivity contribution in [2.75, 3.05) is 0 Å². The first-order chi connectivity index (χ1) is 7.21. The van der Waals surface area contributed by atoms with Crippen LogP contribution < -0.4 is 0 Å². The highest BCUT2D eigenvalue weighted by molar-refractivity contribution is 5.86. The van der Waals surface area contributed by atoms with Crippen molar-refractivity contribution in [3.63, 3.8) is 0 Å². The number of Topliss-reactive ketones (excluding diaryl/α,β-unsaturated/α-hetero) is 1. The predicted molar refractivity (Wildman–Crippen MR) is 41.1 cm³/mol. The summed E-state index contributed by atoms with van der Waals surface area (Å²) in [6.07, 6.45) is -6.66. The van der Waals surface area contributed by atoms with Crippen molar-refractivity contribution in [3.05, 3.63) is 35.1 Å². The van der Waals surface area contributed by atoms with Gasteiger partial charge in [-0.3, -0.25) is 4.79 Å². The smallest absolute Gasteiger partial charge is 0.289 e. The molecular formula is C9H4F6O. The summed E-state index contributed by atoms with van der Waals surface area (Å²) < 4.78 is 73.5. The number of halogens is 6. The van der Waals surface area contributed by atoms with E-state index in [0.29, 0.717) is 0 Å². The minimum atomic E-state index is -5.17. The van der Waals surface area contributed by atoms with Crippen molar-refractivity contribution in [1.82, 2.24) is 0 Å². The molecule has 0 radical (unpaired) electrons. The zero-order valence-electron chi connectivity index (χ0n) is 7.54. The molecule has 1 aromatic rings. The van der Waals surface area contributed by atoms with Crippen LogP contribution in [0.1, 0.15) is 5.56 Å². The summed E-state index contributed by atoms with van der Waals surface area (Å²) in [5.74, 6) is -6.60. The van der Waals surface area contributed by atoms with Gasteiger partial charge in [0, 0.05) is 24.1 Å². The number of hydrogen-bond acceptors (Lipinski definition) is 1. The molecule has 0 atom stereocenters. The number of benzene rings is 1. The van der Waals surface area contributed by atoms with Gasteiger partial charge in [-0.1, -0.05) is 0 Å². The van der Waals surface area contributed by atoms with Gasteiger partial charge in [-0.05, 0) is 0 Å². The molecule has 0 amide bonds. The molecule has 0 aliphatic heterocycles. The molecule has 88 valence electrons. The van der Waals surface area contributed by atoms with Crippen LogP contribution in [0.2, 0.25) is 0 Å². The monoisotopic (exact) mass is 242 g/mol. The highest BCUT2D eigenvalue weighted by Gasteiger charge is 2.38. The lowest BCUT2D eigenvalue weighted by molar-refractivity contribution is -0.170. The maximum absolute atomic E-state index is 12.9. The van der Waals surface area contributed by atoms with E-state index >= 15 is 0 Å². The van der Waals surface area contributed by atoms with E-state index in [-0.39, 0.29) is 12.1 Å². The molecule has 16 heavy (non-hydrogen) atoms. The van der Waals surface area contributed by atoms with Crippen LogP contribution in [0.5, 0.6) is 0 Å². The van der Waals surface area contributed by atoms with Crippen molar-refractivity contribution in [2.45, 2.75) is 12.6 Å². The zero-order chi connectivity index (χ0) is 12.5. The van der Waals surface area contributed by atoms with Gasteiger partial charge in [0.25, 0.3) is 0 Å². The highest BCUT2D eigenvalue weighted by Crippen LogP contribution is 2.22. The molecule has 0 saturated carbocycles. The maximum Gasteiger partial charge on any atom is 0.450 e. The summed E-state index contributed by atoms with van der Waals surface area (Å²) in [5, 5.41) is 0. The van der Waals surface area contributed by atoms with Crippen LogP contribution >= 0.6 is 0 Å². The quantitative estimate of drug-likeness (QED) is 0.729. The SMILES string of the molecule is O=C(Cc1c(F)cc(F)cc1F)C(F)(F)F. The molecule has 0 bridgehead atoms. The minimum absolute atomic E-state index is 0.210. The Morgan fingerprint density at radius 3 is 1.88 bits per heavy atom. The molecule has 1 aromatic carbocycles. The highest BCUT2D eigenvalue weighted by atomic mass is 19.4. The zero-order valence-corrected chi connectivity index (χ0v) is 7.54. The summed E-state index contributed by atoms with van der Waals surface area (Å²) in [6, 6.07) is 0.421. The summed E-state index contributed by atoms with van der Waals surface area (Å²) >= 11 is 0. The predicted octanol–water partition coefficient (Wildman–Crippen LogP) is 2.78. The fourth-order valence-corrected chi connectivity index (χ4v) is 1.00. The Morgan fingerprint density at radius 1 is 1.06 bits per heavy atom. The molecule has 7 heteroatoms. The Hall–Kier alpha value is -1.53. The van der Waals surface area contributed by atoms with E-state index in [9.17, 15) is 31.1 Å². The lowest BCUT2D eigenvalue weighted by Crippen LogP contribution is -2.25. The topological polar surface area (TPSA) is 17.1 Å². The standard InChI is InChI=1S/C9H4F6O/c10-4-1-6(11)5(7(12)2-4)3-8(16)9(13,14)15/h1-2H,3H2. The Morgan fingerprint density at radius 2 is 1.50 bits per heavy atom. The van der Waals surface area contributed by atoms with Gasteiger partial charge in [0.05, 0.1) is 0 Å². The van der Waals surface area contributed by atoms with Gasteiger partial charge >= 0.3 is 6.18 Å². The minimum Gasteiger partial charge on any atom is -0.289 e. The van der Waals surface area contributed by atoms with E-state index < -0.39 is 41.4 Å². The van der Waals surface area contributed by atoms with Crippen molar-refractivity contribution < 1.29 is 31.1 Å². The number of hydrogen-bond donors (Lipinski definition) is 0. The first-order valence-corrected chi connectivity index (χ1v) is 3.95. The van der Waals surface area contributed by atoms with E-state index in [1.165, 1.54) is 0 Å². The van der Waals surface area contributed by atoms with Crippen molar-refractivity contribution in [2.24, 2.45) is 0 Å². The van der Waals surface area contributed by atoms with E-state index in [1.807, 2.05) is 0 Å². The Balaban J connectivity index is 3.03. The Labute approximate surface area is 85.7 Å². The molecule has 0 saturated heterocycles. The molecule has 1 nitrogen and oxygen atoms in total. The molecule has 0 aliphatic rings. The van der Waals surface area contributed by atoms with Crippen LogP contribution in [-0.2, 0) is 11.2 Å². The van der Waals surface area contributed by atoms with Gasteiger partial charge in [-0.15, -0.1) is 0 Å². The van der Waals surface area contributed by atoms with Gasteiger partial charge in [0.1, 0.15) is 17.5 Å². The Kier molecular flexibility index (Phi) is 3.25. The van der Waals surface area contributed by atoms with Gasteiger partial charge < -0.3 is 0 Å². The maximum atomic E-state index is 12.9. The molecule has 1 rings (SSSR count). The molecule has 0 fully saturated rings. The van der Waals surface area contributed by atoms with E-state index in [0.717, 1.165) is 0 Å². The van der Waals surface area contributed by atoms with Crippen LogP contribution in [0.15, 0.2) is 12.1 Å². The number of alkyl halides is 3. The number of carbonyl (C=O) groups excluding carboxylic acids is 1. The van der Waals surface area contributed by atoms with Crippen LogP contribution in [0, 0.1) is 17.5 Å². The average Bonchev–Trinajstić information content (AvgIpc) is 2.08. The molecular weight excluding hydrogens is 238 g/mol. The van der Waals surface area contributed by atoms with Gasteiger partial charge in [0.2, 0.25) is 5.78 Å².